The number of fused-ring (bicyclic) bond motifs is 1. The average molecular weight is 843 g/mol. The number of hydrogen-bond donors (Lipinski definition) is 6. The molecule has 0 spiro atoms. The first-order valence-electron chi connectivity index (χ1n) is 18.5. The summed E-state index contributed by atoms with van der Waals surface area (Å²) in [5.74, 6) is -1.98. The molecule has 0 aliphatic heterocycles. The van der Waals surface area contributed by atoms with E-state index in [-0.39, 0.29) is 53.6 Å². The van der Waals surface area contributed by atoms with Gasteiger partial charge in [-0.25, -0.2) is 28.7 Å². The Balaban J connectivity index is 0.000000446. The smallest absolute Gasteiger partial charge is 0.793 e. The molecule has 0 bridgehead atoms. The molecular weight excluding hydrogens is 792 g/mol. The summed E-state index contributed by atoms with van der Waals surface area (Å²) in [6, 6.07) is 15.8. The predicted molar refractivity (Wildman–Crippen MR) is 219 cm³/mol. The Bertz CT molecular complexity index is 1940. The van der Waals surface area contributed by atoms with E-state index < -0.39 is 17.9 Å². The number of amides is 2. The molecule has 6 rings (SSSR count). The number of hydrogen-bond acceptors (Lipinski definition) is 15. The molecule has 2 heterocycles. The van der Waals surface area contributed by atoms with Crippen LogP contribution in [0.2, 0.25) is 0 Å². The van der Waals surface area contributed by atoms with Gasteiger partial charge in [-0.15, -0.1) is 0 Å². The second kappa shape index (κ2) is 26.6. The number of nitrogens with two attached hydrogens (primary N) is 1. The van der Waals surface area contributed by atoms with E-state index in [2.05, 4.69) is 49.4 Å². The summed E-state index contributed by atoms with van der Waals surface area (Å²) in [6.07, 6.45) is 9.95. The Labute approximate surface area is 370 Å². The molecule has 2 aromatic heterocycles. The Kier molecular flexibility index (Phi) is 22.8. The molecular formula is C39H50BN7NaO10S. The molecule has 311 valence electrons. The molecule has 3 radical (unpaired) electrons. The number of anilines is 2. The first-order valence-corrected chi connectivity index (χ1v) is 19.3. The Hall–Kier alpha value is -4.47. The molecule has 2 aliphatic carbocycles. The van der Waals surface area contributed by atoms with Gasteiger partial charge in [-0.2, -0.15) is 0 Å². The van der Waals surface area contributed by atoms with Crippen LogP contribution < -0.4 is 51.2 Å². The fourth-order valence-electron chi connectivity index (χ4n) is 5.75. The maximum Gasteiger partial charge on any atom is 1.00 e. The first kappa shape index (κ1) is 50.7. The molecule has 17 nitrogen and oxygen atoms in total. The van der Waals surface area contributed by atoms with Crippen molar-refractivity contribution in [3.05, 3.63) is 77.8 Å². The van der Waals surface area contributed by atoms with Gasteiger partial charge in [0, 0.05) is 51.3 Å². The molecule has 59 heavy (non-hydrogen) atoms. The van der Waals surface area contributed by atoms with E-state index in [1.165, 1.54) is 13.0 Å². The summed E-state index contributed by atoms with van der Waals surface area (Å²) in [5.41, 5.74) is 9.55. The quantitative estimate of drug-likeness (QED) is 0.0632. The van der Waals surface area contributed by atoms with Crippen LogP contribution in [0.4, 0.5) is 11.6 Å². The van der Waals surface area contributed by atoms with Crippen LogP contribution in [0.5, 0.6) is 0 Å². The summed E-state index contributed by atoms with van der Waals surface area (Å²) in [5, 5.41) is 28.0. The predicted octanol–water partition coefficient (Wildman–Crippen LogP) is 1.17. The number of rotatable bonds is 8. The van der Waals surface area contributed by atoms with E-state index in [1.54, 1.807) is 18.3 Å². The van der Waals surface area contributed by atoms with E-state index in [4.69, 9.17) is 15.8 Å². The molecule has 0 saturated heterocycles. The number of nitrogens with one attached hydrogen (secondary N) is 3. The average Bonchev–Trinajstić information content (AvgIpc) is 3.87. The van der Waals surface area contributed by atoms with E-state index in [1.807, 2.05) is 41.0 Å². The van der Waals surface area contributed by atoms with Gasteiger partial charge in [-0.1, -0.05) is 18.7 Å². The minimum absolute atomic E-state index is 0. The van der Waals surface area contributed by atoms with Gasteiger partial charge in [0.1, 0.15) is 4.88 Å². The molecule has 2 saturated carbocycles. The second-order valence-electron chi connectivity index (χ2n) is 13.4. The van der Waals surface area contributed by atoms with Gasteiger partial charge in [0.05, 0.1) is 28.9 Å². The maximum absolute atomic E-state index is 12.9. The summed E-state index contributed by atoms with van der Waals surface area (Å²) >= 11 is 1.11. The van der Waals surface area contributed by atoms with E-state index in [0.717, 1.165) is 99.0 Å². The van der Waals surface area contributed by atoms with Crippen molar-refractivity contribution in [2.45, 2.75) is 103 Å². The molecule has 7 N–H and O–H groups in total. The van der Waals surface area contributed by atoms with E-state index >= 15 is 0 Å². The number of carbonyl (C=O) groups excluding carboxylic acids is 5. The monoisotopic (exact) mass is 842 g/mol. The maximum atomic E-state index is 12.9. The second-order valence-corrected chi connectivity index (χ2v) is 14.2. The number of benzene rings is 2. The van der Waals surface area contributed by atoms with Gasteiger partial charge >= 0.3 is 41.5 Å². The van der Waals surface area contributed by atoms with Crippen molar-refractivity contribution in [1.29, 1.82) is 0 Å². The molecule has 0 atom stereocenters. The van der Waals surface area contributed by atoms with Gasteiger partial charge in [-0.3, -0.25) is 24.3 Å². The summed E-state index contributed by atoms with van der Waals surface area (Å²) < 4.78 is 9.48. The van der Waals surface area contributed by atoms with Crippen LogP contribution in [0.3, 0.4) is 0 Å². The van der Waals surface area contributed by atoms with Crippen molar-refractivity contribution in [2.24, 2.45) is 5.73 Å². The Morgan fingerprint density at radius 2 is 1.51 bits per heavy atom. The van der Waals surface area contributed by atoms with Crippen molar-refractivity contribution in [3.63, 3.8) is 0 Å². The number of aromatic nitrogens is 3. The number of imidazole rings is 1. The van der Waals surface area contributed by atoms with E-state index in [9.17, 15) is 29.1 Å². The zero-order chi connectivity index (χ0) is 42.6. The molecule has 2 fully saturated rings. The molecule has 2 aromatic carbocycles. The Morgan fingerprint density at radius 1 is 0.898 bits per heavy atom. The fourth-order valence-corrected chi connectivity index (χ4v) is 6.25. The van der Waals surface area contributed by atoms with Gasteiger partial charge < -0.3 is 39.3 Å². The molecule has 0 unspecified atom stereocenters. The summed E-state index contributed by atoms with van der Waals surface area (Å²) in [7, 11) is 4.32. The number of aliphatic hydroxyl groups excluding tert-OH is 2. The third-order valence-electron chi connectivity index (χ3n) is 8.64. The standard InChI is InChI=1S/C27H28N6O3S.C6H13NO.C4H6O4.C2H3BO2.Na/c1-2-25(35)30-19-4-3-5-20(15-19)33-23-11-6-17(16-28-18-7-9-21(34)10-8-18)14-22(23)31-27(33)32-26(36)24-12-13-29-37-24;7-5-1-3-6(8)4-2-5;1-3(5)7-8-4(2)6;1-2(4)5-3;/h2-6,11-15,18,21,28,34H,1,7-10,16H2,(H,30,35)(H,31,32,36);5-6,8H,1-4,7H2;1-2H3;1H3;/q;;;-1;+1. The minimum atomic E-state index is -0.639. The zero-order valence-electron chi connectivity index (χ0n) is 33.7. The fraction of sp³-hybridized carbons (Fsp3) is 0.410. The van der Waals surface area contributed by atoms with Crippen molar-refractivity contribution in [2.75, 3.05) is 10.6 Å². The van der Waals surface area contributed by atoms with Gasteiger partial charge in [0.15, 0.2) is 0 Å². The zero-order valence-corrected chi connectivity index (χ0v) is 36.5. The summed E-state index contributed by atoms with van der Waals surface area (Å²) in [4.78, 5) is 66.7. The number of aliphatic hydroxyl groups is 2. The van der Waals surface area contributed by atoms with Crippen molar-refractivity contribution >= 4 is 72.0 Å². The molecule has 4 aromatic rings. The largest absolute Gasteiger partial charge is 1.00 e. The van der Waals surface area contributed by atoms with Gasteiger partial charge in [0.25, 0.3) is 5.91 Å². The Morgan fingerprint density at radius 3 is 2.03 bits per heavy atom. The van der Waals surface area contributed by atoms with Crippen LogP contribution in [0, 0.1) is 0 Å². The van der Waals surface area contributed by atoms with Crippen LogP contribution >= 0.6 is 11.5 Å². The molecule has 2 aliphatic rings. The molecule has 2 amide bonds. The van der Waals surface area contributed by atoms with Crippen molar-refractivity contribution < 1.29 is 78.2 Å². The van der Waals surface area contributed by atoms with Crippen LogP contribution in [0.15, 0.2) is 67.4 Å². The number of carbonyl (C=O) groups is 5. The van der Waals surface area contributed by atoms with Gasteiger partial charge in [0.2, 0.25) is 17.8 Å². The van der Waals surface area contributed by atoms with Crippen molar-refractivity contribution in [3.8, 4) is 5.69 Å². The van der Waals surface area contributed by atoms with Gasteiger partial charge in [-0.05, 0) is 111 Å². The first-order chi connectivity index (χ1) is 27.7. The minimum Gasteiger partial charge on any atom is -0.793 e. The normalized spacial score (nSPS) is 17.9. The van der Waals surface area contributed by atoms with Crippen LogP contribution in [-0.2, 0) is 40.2 Å². The molecule has 20 heteroatoms. The number of nitrogens with zero attached hydrogens (tertiary/aromatic N) is 3. The third-order valence-corrected chi connectivity index (χ3v) is 9.38. The summed E-state index contributed by atoms with van der Waals surface area (Å²) in [6.45, 7) is 7.71. The topological polar surface area (TPSA) is 246 Å². The van der Waals surface area contributed by atoms with Crippen LogP contribution in [0.25, 0.3) is 16.7 Å². The van der Waals surface area contributed by atoms with Crippen LogP contribution in [0.1, 0.15) is 87.4 Å². The third kappa shape index (κ3) is 18.6. The SMILES string of the molecule is C=CC(=O)Nc1cccc(-n2c(NC(=O)c3ccns3)nc3cc(CNC4CCC(O)CC4)ccc32)c1.CC(=O)OOC(C)=O.NC1CCC(O)CC1.[B-]OC(C)=O.[Na+]. The van der Waals surface area contributed by atoms with E-state index in [0.29, 0.717) is 35.1 Å². The van der Waals surface area contributed by atoms with Crippen molar-refractivity contribution in [1.82, 2.24) is 19.2 Å². The van der Waals surface area contributed by atoms with Crippen LogP contribution in [-0.4, -0.2) is 86.2 Å².